The van der Waals surface area contributed by atoms with Gasteiger partial charge in [-0.15, -0.1) is 0 Å². The molecule has 0 aliphatic carbocycles. The van der Waals surface area contributed by atoms with Crippen LogP contribution in [0.15, 0.2) is 22.7 Å². The molecule has 0 radical (unpaired) electrons. The van der Waals surface area contributed by atoms with Gasteiger partial charge in [0.1, 0.15) is 0 Å². The van der Waals surface area contributed by atoms with Gasteiger partial charge in [-0.3, -0.25) is 0 Å². The van der Waals surface area contributed by atoms with Crippen LogP contribution in [-0.4, -0.2) is 31.1 Å². The summed E-state index contributed by atoms with van der Waals surface area (Å²) in [4.78, 5) is 2.48. The van der Waals surface area contributed by atoms with E-state index in [1.165, 1.54) is 41.5 Å². The van der Waals surface area contributed by atoms with E-state index in [-0.39, 0.29) is 0 Å². The van der Waals surface area contributed by atoms with Crippen LogP contribution in [0.1, 0.15) is 24.8 Å². The summed E-state index contributed by atoms with van der Waals surface area (Å²) in [6.07, 6.45) is 4.04. The van der Waals surface area contributed by atoms with Crippen LogP contribution in [0.25, 0.3) is 0 Å². The monoisotopic (exact) mass is 296 g/mol. The van der Waals surface area contributed by atoms with Crippen LogP contribution >= 0.6 is 15.9 Å². The fourth-order valence-corrected chi connectivity index (χ4v) is 2.79. The van der Waals surface area contributed by atoms with Gasteiger partial charge < -0.3 is 10.2 Å². The molecule has 17 heavy (non-hydrogen) atoms. The molecule has 1 aliphatic heterocycles. The van der Waals surface area contributed by atoms with Crippen molar-refractivity contribution in [2.45, 2.75) is 32.2 Å². The van der Waals surface area contributed by atoms with Crippen LogP contribution in [0.4, 0.5) is 5.69 Å². The summed E-state index contributed by atoms with van der Waals surface area (Å²) in [6, 6.07) is 7.02. The average Bonchev–Trinajstić information content (AvgIpc) is 2.33. The smallest absolute Gasteiger partial charge is 0.0381 e. The van der Waals surface area contributed by atoms with E-state index < -0.39 is 0 Å². The van der Waals surface area contributed by atoms with Gasteiger partial charge in [0.2, 0.25) is 0 Å². The Balaban J connectivity index is 1.95. The molecule has 1 atom stereocenters. The number of likely N-dealkylation sites (N-methyl/N-ethyl adjacent to an activating group) is 1. The highest BCUT2D eigenvalue weighted by atomic mass is 79.9. The van der Waals surface area contributed by atoms with Crippen LogP contribution in [0.2, 0.25) is 0 Å². The Morgan fingerprint density at radius 3 is 3.00 bits per heavy atom. The van der Waals surface area contributed by atoms with Gasteiger partial charge in [-0.25, -0.2) is 0 Å². The van der Waals surface area contributed by atoms with Crippen molar-refractivity contribution in [3.05, 3.63) is 28.2 Å². The van der Waals surface area contributed by atoms with Gasteiger partial charge >= 0.3 is 0 Å². The van der Waals surface area contributed by atoms with Crippen LogP contribution in [-0.2, 0) is 0 Å². The van der Waals surface area contributed by atoms with E-state index in [9.17, 15) is 0 Å². The zero-order chi connectivity index (χ0) is 12.3. The lowest BCUT2D eigenvalue weighted by molar-refractivity contribution is 0.194. The minimum atomic E-state index is 0.683. The number of likely N-dealkylation sites (tertiary alicyclic amines) is 1. The largest absolute Gasteiger partial charge is 0.383 e. The molecule has 0 amide bonds. The first-order valence-corrected chi connectivity index (χ1v) is 7.17. The third kappa shape index (κ3) is 3.23. The van der Waals surface area contributed by atoms with Gasteiger partial charge in [0.15, 0.2) is 0 Å². The molecule has 1 N–H and O–H groups in total. The first-order valence-electron chi connectivity index (χ1n) is 6.37. The minimum absolute atomic E-state index is 0.683. The number of hydrogen-bond donors (Lipinski definition) is 1. The number of rotatable bonds is 3. The molecule has 1 heterocycles. The summed E-state index contributed by atoms with van der Waals surface area (Å²) < 4.78 is 1.18. The Labute approximate surface area is 113 Å². The highest BCUT2D eigenvalue weighted by Crippen LogP contribution is 2.24. The molecule has 1 aliphatic rings. The number of nitrogens with one attached hydrogen (secondary N) is 1. The second-order valence-corrected chi connectivity index (χ2v) is 5.78. The van der Waals surface area contributed by atoms with Crippen LogP contribution in [0, 0.1) is 6.92 Å². The maximum atomic E-state index is 3.58. The second-order valence-electron chi connectivity index (χ2n) is 4.92. The average molecular weight is 297 g/mol. The zero-order valence-electron chi connectivity index (χ0n) is 10.7. The predicted molar refractivity (Wildman–Crippen MR) is 77.6 cm³/mol. The summed E-state index contributed by atoms with van der Waals surface area (Å²) in [6.45, 7) is 4.44. The molecule has 1 aromatic carbocycles. The van der Waals surface area contributed by atoms with E-state index in [1.807, 2.05) is 0 Å². The van der Waals surface area contributed by atoms with Crippen molar-refractivity contribution in [1.82, 2.24) is 4.90 Å². The molecule has 1 unspecified atom stereocenters. The van der Waals surface area contributed by atoms with E-state index in [2.05, 4.69) is 58.3 Å². The number of halogens is 1. The molecule has 1 fully saturated rings. The number of anilines is 1. The molecule has 0 aromatic heterocycles. The highest BCUT2D eigenvalue weighted by molar-refractivity contribution is 9.10. The van der Waals surface area contributed by atoms with Crippen LogP contribution in [0.3, 0.4) is 0 Å². The fourth-order valence-electron chi connectivity index (χ4n) is 2.43. The molecule has 1 saturated heterocycles. The number of benzene rings is 1. The van der Waals surface area contributed by atoms with Crippen molar-refractivity contribution in [3.63, 3.8) is 0 Å². The van der Waals surface area contributed by atoms with Crippen LogP contribution in [0.5, 0.6) is 0 Å². The van der Waals surface area contributed by atoms with Crippen molar-refractivity contribution >= 4 is 21.6 Å². The molecule has 0 saturated carbocycles. The Hall–Kier alpha value is -0.540. The zero-order valence-corrected chi connectivity index (χ0v) is 12.3. The Kier molecular flexibility index (Phi) is 4.46. The number of nitrogens with zero attached hydrogens (tertiary/aromatic N) is 1. The second kappa shape index (κ2) is 5.87. The van der Waals surface area contributed by atoms with Gasteiger partial charge in [-0.1, -0.05) is 28.4 Å². The predicted octanol–water partition coefficient (Wildman–Crippen LogP) is 3.65. The SMILES string of the molecule is Cc1c(Br)cccc1NCC1CCCCN1C. The van der Waals surface area contributed by atoms with E-state index in [0.29, 0.717) is 6.04 Å². The van der Waals surface area contributed by atoms with E-state index >= 15 is 0 Å². The van der Waals surface area contributed by atoms with Crippen molar-refractivity contribution in [2.75, 3.05) is 25.5 Å². The van der Waals surface area contributed by atoms with Crippen molar-refractivity contribution in [2.24, 2.45) is 0 Å². The summed E-state index contributed by atoms with van der Waals surface area (Å²) in [7, 11) is 2.24. The molecule has 94 valence electrons. The van der Waals surface area contributed by atoms with Gasteiger partial charge in [-0.2, -0.15) is 0 Å². The van der Waals surface area contributed by atoms with Gasteiger partial charge in [0.25, 0.3) is 0 Å². The molecule has 0 spiro atoms. The summed E-state index contributed by atoms with van der Waals surface area (Å²) in [5.74, 6) is 0. The topological polar surface area (TPSA) is 15.3 Å². The summed E-state index contributed by atoms with van der Waals surface area (Å²) in [5.41, 5.74) is 2.55. The third-order valence-electron chi connectivity index (χ3n) is 3.72. The first kappa shape index (κ1) is 12.9. The maximum absolute atomic E-state index is 3.58. The standard InChI is InChI=1S/C14H21BrN2/c1-11-13(15)7-5-8-14(11)16-10-12-6-3-4-9-17(12)2/h5,7-8,12,16H,3-4,6,9-10H2,1-2H3. The summed E-state index contributed by atoms with van der Waals surface area (Å²) in [5, 5.41) is 3.58. The normalized spacial score (nSPS) is 21.5. The lowest BCUT2D eigenvalue weighted by Gasteiger charge is -2.33. The fraction of sp³-hybridized carbons (Fsp3) is 0.571. The molecule has 3 heteroatoms. The van der Waals surface area contributed by atoms with Crippen LogP contribution < -0.4 is 5.32 Å². The molecule has 1 aromatic rings. The molecular weight excluding hydrogens is 276 g/mol. The maximum Gasteiger partial charge on any atom is 0.0381 e. The third-order valence-corrected chi connectivity index (χ3v) is 4.58. The van der Waals surface area contributed by atoms with E-state index in [1.54, 1.807) is 0 Å². The lowest BCUT2D eigenvalue weighted by Crippen LogP contribution is -2.40. The summed E-state index contributed by atoms with van der Waals surface area (Å²) >= 11 is 3.57. The molecule has 2 nitrogen and oxygen atoms in total. The van der Waals surface area contributed by atoms with Gasteiger partial charge in [0.05, 0.1) is 0 Å². The minimum Gasteiger partial charge on any atom is -0.383 e. The van der Waals surface area contributed by atoms with Crippen molar-refractivity contribution < 1.29 is 0 Å². The Morgan fingerprint density at radius 2 is 2.24 bits per heavy atom. The first-order chi connectivity index (χ1) is 8.18. The molecule has 0 bridgehead atoms. The number of hydrogen-bond acceptors (Lipinski definition) is 2. The molecule has 2 rings (SSSR count). The molecular formula is C14H21BrN2. The van der Waals surface area contributed by atoms with Gasteiger partial charge in [0, 0.05) is 22.7 Å². The quantitative estimate of drug-likeness (QED) is 0.916. The highest BCUT2D eigenvalue weighted by Gasteiger charge is 2.18. The van der Waals surface area contributed by atoms with E-state index in [4.69, 9.17) is 0 Å². The Morgan fingerprint density at radius 1 is 1.41 bits per heavy atom. The van der Waals surface area contributed by atoms with Gasteiger partial charge in [-0.05, 0) is 51.1 Å². The Bertz CT molecular complexity index is 378. The number of piperidine rings is 1. The van der Waals surface area contributed by atoms with Crippen molar-refractivity contribution in [3.8, 4) is 0 Å². The van der Waals surface area contributed by atoms with E-state index in [0.717, 1.165) is 6.54 Å². The lowest BCUT2D eigenvalue weighted by atomic mass is 10.0. The van der Waals surface area contributed by atoms with Crippen molar-refractivity contribution in [1.29, 1.82) is 0 Å².